The third-order valence-electron chi connectivity index (χ3n) is 2.69. The van der Waals surface area contributed by atoms with Crippen molar-refractivity contribution in [2.24, 2.45) is 0 Å². The Balaban J connectivity index is 2.22. The van der Waals surface area contributed by atoms with Crippen LogP contribution in [0.5, 0.6) is 0 Å². The summed E-state index contributed by atoms with van der Waals surface area (Å²) in [4.78, 5) is 0. The van der Waals surface area contributed by atoms with Crippen LogP contribution in [0.15, 0.2) is 42.5 Å². The standard InChI is InChI=1S/C14H15ClN2/c1-2-10-6-8-11(9-7-10)17-13-5-3-4-12(15)14(13)16/h3-9,17H,2,16H2,1H3. The maximum Gasteiger partial charge on any atom is 0.0742 e. The highest BCUT2D eigenvalue weighted by atomic mass is 35.5. The van der Waals surface area contributed by atoms with Crippen molar-refractivity contribution in [3.63, 3.8) is 0 Å². The molecule has 3 heteroatoms. The number of hydrogen-bond donors (Lipinski definition) is 2. The summed E-state index contributed by atoms with van der Waals surface area (Å²) in [6.07, 6.45) is 1.04. The average molecular weight is 247 g/mol. The average Bonchev–Trinajstić information content (AvgIpc) is 2.36. The van der Waals surface area contributed by atoms with Crippen LogP contribution in [0.25, 0.3) is 0 Å². The van der Waals surface area contributed by atoms with E-state index in [4.69, 9.17) is 17.3 Å². The van der Waals surface area contributed by atoms with Gasteiger partial charge in [-0.15, -0.1) is 0 Å². The molecular formula is C14H15ClN2. The first-order chi connectivity index (χ1) is 8.20. The van der Waals surface area contributed by atoms with Gasteiger partial charge in [0.25, 0.3) is 0 Å². The number of rotatable bonds is 3. The molecule has 0 atom stereocenters. The molecule has 0 bridgehead atoms. The number of anilines is 3. The molecule has 0 radical (unpaired) electrons. The minimum absolute atomic E-state index is 0.570. The maximum absolute atomic E-state index is 5.96. The molecule has 0 amide bonds. The van der Waals surface area contributed by atoms with E-state index in [-0.39, 0.29) is 0 Å². The highest BCUT2D eigenvalue weighted by Gasteiger charge is 2.02. The van der Waals surface area contributed by atoms with Crippen LogP contribution in [0.3, 0.4) is 0 Å². The Labute approximate surface area is 106 Å². The van der Waals surface area contributed by atoms with Crippen LogP contribution in [0.2, 0.25) is 5.02 Å². The van der Waals surface area contributed by atoms with Gasteiger partial charge in [0, 0.05) is 5.69 Å². The lowest BCUT2D eigenvalue weighted by molar-refractivity contribution is 1.14. The summed E-state index contributed by atoms with van der Waals surface area (Å²) in [5, 5.41) is 3.82. The summed E-state index contributed by atoms with van der Waals surface area (Å²) in [5.74, 6) is 0. The molecule has 3 N–H and O–H groups in total. The van der Waals surface area contributed by atoms with Crippen LogP contribution in [0.4, 0.5) is 17.1 Å². The molecule has 88 valence electrons. The Bertz CT molecular complexity index is 506. The molecule has 0 saturated carbocycles. The number of nitrogen functional groups attached to an aromatic ring is 1. The largest absolute Gasteiger partial charge is 0.396 e. The van der Waals surface area contributed by atoms with Gasteiger partial charge in [0.15, 0.2) is 0 Å². The summed E-state index contributed by atoms with van der Waals surface area (Å²) in [6.45, 7) is 2.14. The van der Waals surface area contributed by atoms with E-state index in [9.17, 15) is 0 Å². The first-order valence-electron chi connectivity index (χ1n) is 5.60. The van der Waals surface area contributed by atoms with E-state index in [2.05, 4.69) is 24.4 Å². The van der Waals surface area contributed by atoms with Crippen molar-refractivity contribution in [3.8, 4) is 0 Å². The molecule has 2 aromatic rings. The Morgan fingerprint density at radius 2 is 1.82 bits per heavy atom. The van der Waals surface area contributed by atoms with Gasteiger partial charge in [0.1, 0.15) is 0 Å². The molecule has 2 aromatic carbocycles. The van der Waals surface area contributed by atoms with Crippen LogP contribution >= 0.6 is 11.6 Å². The SMILES string of the molecule is CCc1ccc(Nc2cccc(Cl)c2N)cc1. The molecule has 0 fully saturated rings. The molecule has 2 nitrogen and oxygen atoms in total. The predicted octanol–water partition coefficient (Wildman–Crippen LogP) is 4.23. The summed E-state index contributed by atoms with van der Waals surface area (Å²) >= 11 is 5.96. The van der Waals surface area contributed by atoms with Crippen LogP contribution in [-0.2, 0) is 6.42 Å². The molecule has 2 rings (SSSR count). The van der Waals surface area contributed by atoms with E-state index in [1.807, 2.05) is 24.3 Å². The molecule has 0 aliphatic carbocycles. The van der Waals surface area contributed by atoms with Crippen molar-refractivity contribution >= 4 is 28.7 Å². The van der Waals surface area contributed by atoms with Crippen molar-refractivity contribution in [2.45, 2.75) is 13.3 Å². The minimum atomic E-state index is 0.570. The quantitative estimate of drug-likeness (QED) is 0.796. The number of aryl methyl sites for hydroxylation is 1. The lowest BCUT2D eigenvalue weighted by Crippen LogP contribution is -1.96. The Morgan fingerprint density at radius 1 is 1.12 bits per heavy atom. The fourth-order valence-corrected chi connectivity index (χ4v) is 1.80. The van der Waals surface area contributed by atoms with Crippen molar-refractivity contribution in [1.29, 1.82) is 0 Å². The summed E-state index contributed by atoms with van der Waals surface area (Å²) in [7, 11) is 0. The van der Waals surface area contributed by atoms with Crippen LogP contribution in [0, 0.1) is 0 Å². The molecule has 0 saturated heterocycles. The van der Waals surface area contributed by atoms with E-state index in [0.717, 1.165) is 17.8 Å². The van der Waals surface area contributed by atoms with Crippen molar-refractivity contribution in [1.82, 2.24) is 0 Å². The second kappa shape index (κ2) is 5.11. The van der Waals surface area contributed by atoms with Gasteiger partial charge in [-0.25, -0.2) is 0 Å². The Kier molecular flexibility index (Phi) is 3.55. The third-order valence-corrected chi connectivity index (χ3v) is 3.02. The van der Waals surface area contributed by atoms with Gasteiger partial charge in [-0.2, -0.15) is 0 Å². The summed E-state index contributed by atoms with van der Waals surface area (Å²) in [5.41, 5.74) is 9.63. The monoisotopic (exact) mass is 246 g/mol. The summed E-state index contributed by atoms with van der Waals surface area (Å²) in [6, 6.07) is 13.9. The fourth-order valence-electron chi connectivity index (χ4n) is 1.63. The Hall–Kier alpha value is -1.67. The molecule has 0 aliphatic heterocycles. The topological polar surface area (TPSA) is 38.0 Å². The lowest BCUT2D eigenvalue weighted by atomic mass is 10.1. The van der Waals surface area contributed by atoms with Gasteiger partial charge in [-0.05, 0) is 36.2 Å². The van der Waals surface area contributed by atoms with Gasteiger partial charge in [-0.3, -0.25) is 0 Å². The molecule has 0 spiro atoms. The maximum atomic E-state index is 5.96. The van der Waals surface area contributed by atoms with Gasteiger partial charge >= 0.3 is 0 Å². The first-order valence-corrected chi connectivity index (χ1v) is 5.98. The number of benzene rings is 2. The lowest BCUT2D eigenvalue weighted by Gasteiger charge is -2.10. The van der Waals surface area contributed by atoms with Gasteiger partial charge in [0.2, 0.25) is 0 Å². The Morgan fingerprint density at radius 3 is 2.47 bits per heavy atom. The van der Waals surface area contributed by atoms with Crippen LogP contribution < -0.4 is 11.1 Å². The zero-order valence-corrected chi connectivity index (χ0v) is 10.5. The molecule has 0 heterocycles. The normalized spacial score (nSPS) is 10.2. The van der Waals surface area contributed by atoms with E-state index >= 15 is 0 Å². The van der Waals surface area contributed by atoms with E-state index < -0.39 is 0 Å². The minimum Gasteiger partial charge on any atom is -0.396 e. The van der Waals surface area contributed by atoms with Crippen molar-refractivity contribution < 1.29 is 0 Å². The van der Waals surface area contributed by atoms with Crippen LogP contribution in [-0.4, -0.2) is 0 Å². The zero-order valence-electron chi connectivity index (χ0n) is 9.70. The molecule has 17 heavy (non-hydrogen) atoms. The fraction of sp³-hybridized carbons (Fsp3) is 0.143. The predicted molar refractivity (Wildman–Crippen MR) is 75.0 cm³/mol. The number of halogens is 1. The third kappa shape index (κ3) is 2.71. The highest BCUT2D eigenvalue weighted by molar-refractivity contribution is 6.33. The number of nitrogens with two attached hydrogens (primary N) is 1. The van der Waals surface area contributed by atoms with Gasteiger partial charge < -0.3 is 11.1 Å². The second-order valence-electron chi connectivity index (χ2n) is 3.88. The summed E-state index contributed by atoms with van der Waals surface area (Å²) < 4.78 is 0. The number of para-hydroxylation sites is 1. The highest BCUT2D eigenvalue weighted by Crippen LogP contribution is 2.29. The van der Waals surface area contributed by atoms with Crippen molar-refractivity contribution in [2.75, 3.05) is 11.1 Å². The van der Waals surface area contributed by atoms with E-state index in [1.54, 1.807) is 6.07 Å². The van der Waals surface area contributed by atoms with Gasteiger partial charge in [-0.1, -0.05) is 36.7 Å². The molecular weight excluding hydrogens is 232 g/mol. The second-order valence-corrected chi connectivity index (χ2v) is 4.28. The molecule has 0 aliphatic rings. The number of nitrogens with one attached hydrogen (secondary N) is 1. The van der Waals surface area contributed by atoms with E-state index in [0.29, 0.717) is 10.7 Å². The first kappa shape index (κ1) is 11.8. The van der Waals surface area contributed by atoms with E-state index in [1.165, 1.54) is 5.56 Å². The van der Waals surface area contributed by atoms with Crippen molar-refractivity contribution in [3.05, 3.63) is 53.1 Å². The number of hydrogen-bond acceptors (Lipinski definition) is 2. The van der Waals surface area contributed by atoms with Crippen LogP contribution in [0.1, 0.15) is 12.5 Å². The smallest absolute Gasteiger partial charge is 0.0742 e. The molecule has 0 unspecified atom stereocenters. The zero-order chi connectivity index (χ0) is 12.3. The molecule has 0 aromatic heterocycles. The van der Waals surface area contributed by atoms with Gasteiger partial charge in [0.05, 0.1) is 16.4 Å².